The number of halogens is 7. The van der Waals surface area contributed by atoms with Crippen molar-refractivity contribution < 1.29 is 35.5 Å². The quantitative estimate of drug-likeness (QED) is 0.639. The fraction of sp³-hybridized carbons (Fsp3) is 0.600. The molecule has 0 fully saturated rings. The normalized spacial score (nSPS) is 12.9. The molecule has 78 valence electrons. The highest BCUT2D eigenvalue weighted by Crippen LogP contribution is 2.40. The van der Waals surface area contributed by atoms with Crippen molar-refractivity contribution in [2.75, 3.05) is 7.11 Å². The standard InChI is InChI=1S/C5H3F7O/c1-13-5(11,12)2(3(6)7)4(8,9)10/h1H3. The van der Waals surface area contributed by atoms with E-state index in [2.05, 4.69) is 4.74 Å². The van der Waals surface area contributed by atoms with E-state index in [-0.39, 0.29) is 7.11 Å². The number of rotatable bonds is 2. The molecule has 13 heavy (non-hydrogen) atoms. The first-order valence-electron chi connectivity index (χ1n) is 2.69. The highest BCUT2D eigenvalue weighted by atomic mass is 19.4. The molecule has 0 heterocycles. The molecular weight excluding hydrogens is 209 g/mol. The minimum atomic E-state index is -5.82. The average Bonchev–Trinajstić information content (AvgIpc) is 1.82. The van der Waals surface area contributed by atoms with Crippen LogP contribution in [-0.2, 0) is 4.74 Å². The molecule has 1 nitrogen and oxygen atoms in total. The first-order chi connectivity index (χ1) is 5.63. The van der Waals surface area contributed by atoms with Crippen molar-refractivity contribution in [3.05, 3.63) is 11.7 Å². The van der Waals surface area contributed by atoms with Crippen LogP contribution >= 0.6 is 0 Å². The molecule has 0 atom stereocenters. The molecule has 0 amide bonds. The Morgan fingerprint density at radius 3 is 1.46 bits per heavy atom. The molecule has 0 aliphatic heterocycles. The van der Waals surface area contributed by atoms with Crippen LogP contribution in [-0.4, -0.2) is 19.4 Å². The van der Waals surface area contributed by atoms with Crippen LogP contribution in [0.1, 0.15) is 0 Å². The first-order valence-corrected chi connectivity index (χ1v) is 2.69. The Kier molecular flexibility index (Phi) is 3.31. The molecule has 0 bridgehead atoms. The van der Waals surface area contributed by atoms with Gasteiger partial charge in [-0.05, 0) is 0 Å². The second kappa shape index (κ2) is 3.52. The number of hydrogen-bond acceptors (Lipinski definition) is 1. The summed E-state index contributed by atoms with van der Waals surface area (Å²) >= 11 is 0. The molecular formula is C5H3F7O. The number of alkyl halides is 5. The van der Waals surface area contributed by atoms with Gasteiger partial charge in [0, 0.05) is 7.11 Å². The van der Waals surface area contributed by atoms with Gasteiger partial charge in [0.15, 0.2) is 5.57 Å². The van der Waals surface area contributed by atoms with Gasteiger partial charge in [-0.2, -0.15) is 30.7 Å². The second-order valence-corrected chi connectivity index (χ2v) is 1.85. The summed E-state index contributed by atoms with van der Waals surface area (Å²) in [5.41, 5.74) is -3.28. The van der Waals surface area contributed by atoms with Gasteiger partial charge in [-0.1, -0.05) is 0 Å². The molecule has 8 heteroatoms. The molecule has 0 aliphatic carbocycles. The number of ether oxygens (including phenoxy) is 1. The predicted molar refractivity (Wildman–Crippen MR) is 27.3 cm³/mol. The monoisotopic (exact) mass is 212 g/mol. The maximum absolute atomic E-state index is 12.1. The lowest BCUT2D eigenvalue weighted by Crippen LogP contribution is -2.32. The van der Waals surface area contributed by atoms with E-state index in [1.807, 2.05) is 0 Å². The van der Waals surface area contributed by atoms with Crippen LogP contribution in [0.15, 0.2) is 11.7 Å². The zero-order valence-electron chi connectivity index (χ0n) is 6.05. The van der Waals surface area contributed by atoms with E-state index < -0.39 is 23.9 Å². The predicted octanol–water partition coefficient (Wildman–Crippen LogP) is 2.94. The zero-order chi connectivity index (χ0) is 10.9. The molecule has 0 radical (unpaired) electrons. The summed E-state index contributed by atoms with van der Waals surface area (Å²) in [6, 6.07) is 0. The van der Waals surface area contributed by atoms with Crippen molar-refractivity contribution in [3.8, 4) is 0 Å². The Labute approximate surface area is 67.8 Å². The van der Waals surface area contributed by atoms with Crippen molar-refractivity contribution in [2.45, 2.75) is 12.3 Å². The lowest BCUT2D eigenvalue weighted by Gasteiger charge is -2.18. The fourth-order valence-electron chi connectivity index (χ4n) is 0.484. The number of methoxy groups -OCH3 is 1. The minimum Gasteiger partial charge on any atom is -0.320 e. The van der Waals surface area contributed by atoms with Crippen molar-refractivity contribution in [3.63, 3.8) is 0 Å². The zero-order valence-corrected chi connectivity index (χ0v) is 6.05. The van der Waals surface area contributed by atoms with Gasteiger partial charge in [0.25, 0.3) is 6.08 Å². The third kappa shape index (κ3) is 2.87. The maximum Gasteiger partial charge on any atom is 0.426 e. The van der Waals surface area contributed by atoms with Crippen molar-refractivity contribution in [1.29, 1.82) is 0 Å². The van der Waals surface area contributed by atoms with Crippen molar-refractivity contribution >= 4 is 0 Å². The average molecular weight is 212 g/mol. The smallest absolute Gasteiger partial charge is 0.320 e. The van der Waals surface area contributed by atoms with E-state index in [0.29, 0.717) is 0 Å². The van der Waals surface area contributed by atoms with Gasteiger partial charge in [0.1, 0.15) is 0 Å². The van der Waals surface area contributed by atoms with Crippen LogP contribution in [0.2, 0.25) is 0 Å². The summed E-state index contributed by atoms with van der Waals surface area (Å²) in [6.07, 6.45) is -14.4. The van der Waals surface area contributed by atoms with Crippen LogP contribution in [0.5, 0.6) is 0 Å². The molecule has 0 saturated heterocycles. The lowest BCUT2D eigenvalue weighted by molar-refractivity contribution is -0.233. The minimum absolute atomic E-state index is 0.189. The van der Waals surface area contributed by atoms with E-state index in [4.69, 9.17) is 0 Å². The summed E-state index contributed by atoms with van der Waals surface area (Å²) in [6.45, 7) is 0. The largest absolute Gasteiger partial charge is 0.426 e. The van der Waals surface area contributed by atoms with Crippen molar-refractivity contribution in [2.24, 2.45) is 0 Å². The van der Waals surface area contributed by atoms with Crippen LogP contribution in [0.25, 0.3) is 0 Å². The van der Waals surface area contributed by atoms with Crippen LogP contribution in [0.4, 0.5) is 30.7 Å². The van der Waals surface area contributed by atoms with Gasteiger partial charge >= 0.3 is 12.3 Å². The Morgan fingerprint density at radius 1 is 1.00 bits per heavy atom. The highest BCUT2D eigenvalue weighted by Gasteiger charge is 2.54. The molecule has 0 aliphatic rings. The summed E-state index contributed by atoms with van der Waals surface area (Å²) in [5.74, 6) is 0. The van der Waals surface area contributed by atoms with Crippen LogP contribution < -0.4 is 0 Å². The van der Waals surface area contributed by atoms with Gasteiger partial charge in [-0.15, -0.1) is 0 Å². The highest BCUT2D eigenvalue weighted by molar-refractivity contribution is 5.16. The van der Waals surface area contributed by atoms with Crippen LogP contribution in [0.3, 0.4) is 0 Å². The third-order valence-electron chi connectivity index (χ3n) is 1.02. The Bertz CT molecular complexity index is 211. The summed E-state index contributed by atoms with van der Waals surface area (Å²) in [4.78, 5) is 0. The van der Waals surface area contributed by atoms with Crippen LogP contribution in [0, 0.1) is 0 Å². The topological polar surface area (TPSA) is 9.23 Å². The summed E-state index contributed by atoms with van der Waals surface area (Å²) < 4.78 is 84.8. The Hall–Kier alpha value is -0.790. The molecule has 0 aromatic carbocycles. The van der Waals surface area contributed by atoms with E-state index in [1.165, 1.54) is 0 Å². The molecule has 0 unspecified atom stereocenters. The SMILES string of the molecule is COC(F)(F)C(=C(F)F)C(F)(F)F. The Balaban J connectivity index is 5.22. The molecule has 0 aromatic heterocycles. The first kappa shape index (κ1) is 12.2. The van der Waals surface area contributed by atoms with Gasteiger partial charge in [0.2, 0.25) is 0 Å². The van der Waals surface area contributed by atoms with Gasteiger partial charge in [0.05, 0.1) is 0 Å². The van der Waals surface area contributed by atoms with Crippen molar-refractivity contribution in [1.82, 2.24) is 0 Å². The molecule has 0 rings (SSSR count). The van der Waals surface area contributed by atoms with E-state index >= 15 is 0 Å². The Morgan fingerprint density at radius 2 is 1.38 bits per heavy atom. The molecule has 0 N–H and O–H groups in total. The summed E-state index contributed by atoms with van der Waals surface area (Å²) in [7, 11) is 0.189. The van der Waals surface area contributed by atoms with Gasteiger partial charge < -0.3 is 4.74 Å². The van der Waals surface area contributed by atoms with Gasteiger partial charge in [-0.3, -0.25) is 0 Å². The molecule has 0 saturated carbocycles. The molecule has 0 spiro atoms. The number of hydrogen-bond donors (Lipinski definition) is 0. The third-order valence-corrected chi connectivity index (χ3v) is 1.02. The second-order valence-electron chi connectivity index (χ2n) is 1.85. The van der Waals surface area contributed by atoms with Gasteiger partial charge in [-0.25, -0.2) is 0 Å². The maximum atomic E-state index is 12.1. The molecule has 0 aromatic rings. The van der Waals surface area contributed by atoms with E-state index in [1.54, 1.807) is 0 Å². The fourth-order valence-corrected chi connectivity index (χ4v) is 0.484. The lowest BCUT2D eigenvalue weighted by atomic mass is 10.2. The van der Waals surface area contributed by atoms with E-state index in [9.17, 15) is 30.7 Å². The summed E-state index contributed by atoms with van der Waals surface area (Å²) in [5, 5.41) is 0. The van der Waals surface area contributed by atoms with E-state index in [0.717, 1.165) is 0 Å².